The number of pyridine rings is 1. The van der Waals surface area contributed by atoms with Crippen molar-refractivity contribution in [2.45, 2.75) is 39.8 Å². The molecule has 0 spiro atoms. The number of hydrogen-bond donors (Lipinski definition) is 1. The molecule has 2 aromatic rings. The molecular weight excluding hydrogens is 226 g/mol. The fraction of sp³-hybridized carbons (Fsp3) is 0.429. The van der Waals surface area contributed by atoms with Crippen LogP contribution in [0.2, 0.25) is 0 Å². The van der Waals surface area contributed by atoms with Crippen molar-refractivity contribution < 1.29 is 5.11 Å². The minimum atomic E-state index is -0.662. The second-order valence-electron chi connectivity index (χ2n) is 4.43. The van der Waals surface area contributed by atoms with Gasteiger partial charge >= 0.3 is 0 Å². The Morgan fingerprint density at radius 3 is 2.67 bits per heavy atom. The predicted octanol–water partition coefficient (Wildman–Crippen LogP) is 2.25. The number of aliphatic hydroxyl groups excluding tert-OH is 1. The van der Waals surface area contributed by atoms with Crippen LogP contribution in [0.4, 0.5) is 0 Å². The molecular formula is C14H19N3O. The summed E-state index contributed by atoms with van der Waals surface area (Å²) >= 11 is 0. The summed E-state index contributed by atoms with van der Waals surface area (Å²) in [5, 5.41) is 14.9. The van der Waals surface area contributed by atoms with Crippen LogP contribution in [-0.4, -0.2) is 19.9 Å². The van der Waals surface area contributed by atoms with E-state index < -0.39 is 6.10 Å². The number of aromatic nitrogens is 3. The van der Waals surface area contributed by atoms with Crippen molar-refractivity contribution in [3.63, 3.8) is 0 Å². The summed E-state index contributed by atoms with van der Waals surface area (Å²) < 4.78 is 1.85. The number of aliphatic hydroxyl groups is 1. The zero-order valence-corrected chi connectivity index (χ0v) is 11.1. The quantitative estimate of drug-likeness (QED) is 0.898. The fourth-order valence-electron chi connectivity index (χ4n) is 2.03. The van der Waals surface area contributed by atoms with Crippen molar-refractivity contribution in [1.29, 1.82) is 0 Å². The first kappa shape index (κ1) is 12.8. The van der Waals surface area contributed by atoms with E-state index in [1.54, 1.807) is 12.4 Å². The molecule has 4 heteroatoms. The molecule has 2 rings (SSSR count). The lowest BCUT2D eigenvalue weighted by atomic mass is 10.1. The van der Waals surface area contributed by atoms with Gasteiger partial charge in [-0.2, -0.15) is 5.10 Å². The SMILES string of the molecule is CCc1cc(C(O)c2cncc(C)c2)n(CC)n1. The summed E-state index contributed by atoms with van der Waals surface area (Å²) in [7, 11) is 0. The first-order valence-corrected chi connectivity index (χ1v) is 6.32. The molecule has 18 heavy (non-hydrogen) atoms. The van der Waals surface area contributed by atoms with Crippen LogP contribution in [0.25, 0.3) is 0 Å². The first-order valence-electron chi connectivity index (χ1n) is 6.32. The summed E-state index contributed by atoms with van der Waals surface area (Å²) in [4.78, 5) is 4.12. The van der Waals surface area contributed by atoms with Crippen molar-refractivity contribution >= 4 is 0 Å². The lowest BCUT2D eigenvalue weighted by molar-refractivity contribution is 0.207. The molecule has 0 aromatic carbocycles. The highest BCUT2D eigenvalue weighted by molar-refractivity contribution is 5.27. The second kappa shape index (κ2) is 5.31. The number of nitrogens with zero attached hydrogens (tertiary/aromatic N) is 3. The van der Waals surface area contributed by atoms with Crippen LogP contribution >= 0.6 is 0 Å². The van der Waals surface area contributed by atoms with Gasteiger partial charge in [0.25, 0.3) is 0 Å². The molecule has 0 aliphatic heterocycles. The van der Waals surface area contributed by atoms with Crippen LogP contribution in [0.3, 0.4) is 0 Å². The molecule has 0 fully saturated rings. The number of hydrogen-bond acceptors (Lipinski definition) is 3. The van der Waals surface area contributed by atoms with E-state index in [1.165, 1.54) is 0 Å². The van der Waals surface area contributed by atoms with Gasteiger partial charge in [0.15, 0.2) is 0 Å². The molecule has 0 saturated heterocycles. The van der Waals surface area contributed by atoms with Gasteiger partial charge < -0.3 is 5.11 Å². The molecule has 0 saturated carbocycles. The largest absolute Gasteiger partial charge is 0.382 e. The zero-order chi connectivity index (χ0) is 13.1. The van der Waals surface area contributed by atoms with Gasteiger partial charge in [0.2, 0.25) is 0 Å². The Kier molecular flexibility index (Phi) is 3.77. The summed E-state index contributed by atoms with van der Waals surface area (Å²) in [6, 6.07) is 3.92. The lowest BCUT2D eigenvalue weighted by Crippen LogP contribution is -2.09. The van der Waals surface area contributed by atoms with Gasteiger partial charge in [0.05, 0.1) is 11.4 Å². The Balaban J connectivity index is 2.38. The molecule has 96 valence electrons. The maximum absolute atomic E-state index is 10.4. The van der Waals surface area contributed by atoms with Gasteiger partial charge in [0, 0.05) is 24.5 Å². The van der Waals surface area contributed by atoms with E-state index >= 15 is 0 Å². The van der Waals surface area contributed by atoms with E-state index in [0.29, 0.717) is 0 Å². The van der Waals surface area contributed by atoms with Gasteiger partial charge in [-0.15, -0.1) is 0 Å². The van der Waals surface area contributed by atoms with Gasteiger partial charge in [-0.25, -0.2) is 0 Å². The molecule has 0 aliphatic carbocycles. The van der Waals surface area contributed by atoms with E-state index in [4.69, 9.17) is 0 Å². The Bertz CT molecular complexity index is 534. The average Bonchev–Trinajstić information content (AvgIpc) is 2.81. The van der Waals surface area contributed by atoms with Crippen LogP contribution < -0.4 is 0 Å². The first-order chi connectivity index (χ1) is 8.65. The van der Waals surface area contributed by atoms with Gasteiger partial charge in [-0.1, -0.05) is 13.0 Å². The van der Waals surface area contributed by atoms with E-state index in [1.807, 2.05) is 30.7 Å². The zero-order valence-electron chi connectivity index (χ0n) is 11.1. The van der Waals surface area contributed by atoms with E-state index in [9.17, 15) is 5.11 Å². The van der Waals surface area contributed by atoms with Crippen molar-refractivity contribution in [1.82, 2.24) is 14.8 Å². The molecule has 1 unspecified atom stereocenters. The summed E-state index contributed by atoms with van der Waals surface area (Å²) in [5.41, 5.74) is 3.70. The molecule has 0 aliphatic rings. The van der Waals surface area contributed by atoms with Gasteiger partial charge in [-0.3, -0.25) is 9.67 Å². The molecule has 1 atom stereocenters. The van der Waals surface area contributed by atoms with E-state index in [2.05, 4.69) is 17.0 Å². The maximum Gasteiger partial charge on any atom is 0.122 e. The smallest absolute Gasteiger partial charge is 0.122 e. The van der Waals surface area contributed by atoms with Crippen molar-refractivity contribution in [3.8, 4) is 0 Å². The molecule has 2 aromatic heterocycles. The molecule has 0 radical (unpaired) electrons. The third kappa shape index (κ3) is 2.43. The van der Waals surface area contributed by atoms with Crippen LogP contribution in [0.1, 0.15) is 42.5 Å². The van der Waals surface area contributed by atoms with Crippen molar-refractivity contribution in [2.75, 3.05) is 0 Å². The third-order valence-corrected chi connectivity index (χ3v) is 3.02. The summed E-state index contributed by atoms with van der Waals surface area (Å²) in [6.07, 6.45) is 3.70. The monoisotopic (exact) mass is 245 g/mol. The predicted molar refractivity (Wildman–Crippen MR) is 70.3 cm³/mol. The summed E-state index contributed by atoms with van der Waals surface area (Å²) in [5.74, 6) is 0. The number of rotatable bonds is 4. The number of aryl methyl sites for hydroxylation is 3. The molecule has 4 nitrogen and oxygen atoms in total. The summed E-state index contributed by atoms with van der Waals surface area (Å²) in [6.45, 7) is 6.81. The minimum Gasteiger partial charge on any atom is -0.382 e. The topological polar surface area (TPSA) is 50.9 Å². The molecule has 2 heterocycles. The van der Waals surface area contributed by atoms with Crippen LogP contribution in [0.15, 0.2) is 24.5 Å². The van der Waals surface area contributed by atoms with E-state index in [0.717, 1.165) is 35.5 Å². The standard InChI is InChI=1S/C14H19N3O/c1-4-12-7-13(17(5-2)16-12)14(18)11-6-10(3)8-15-9-11/h6-9,14,18H,4-5H2,1-3H3. The van der Waals surface area contributed by atoms with Crippen molar-refractivity contribution in [2.24, 2.45) is 0 Å². The van der Waals surface area contributed by atoms with E-state index in [-0.39, 0.29) is 0 Å². The highest BCUT2D eigenvalue weighted by Gasteiger charge is 2.17. The highest BCUT2D eigenvalue weighted by Crippen LogP contribution is 2.23. The van der Waals surface area contributed by atoms with Crippen LogP contribution in [-0.2, 0) is 13.0 Å². The van der Waals surface area contributed by atoms with Crippen molar-refractivity contribution in [3.05, 3.63) is 47.0 Å². The Morgan fingerprint density at radius 2 is 2.06 bits per heavy atom. The Labute approximate surface area is 107 Å². The Hall–Kier alpha value is -1.68. The lowest BCUT2D eigenvalue weighted by Gasteiger charge is -2.12. The normalized spacial score (nSPS) is 12.7. The molecule has 1 N–H and O–H groups in total. The molecule has 0 bridgehead atoms. The second-order valence-corrected chi connectivity index (χ2v) is 4.43. The maximum atomic E-state index is 10.4. The fourth-order valence-corrected chi connectivity index (χ4v) is 2.03. The third-order valence-electron chi connectivity index (χ3n) is 3.02. The van der Waals surface area contributed by atoms with Crippen LogP contribution in [0.5, 0.6) is 0 Å². The van der Waals surface area contributed by atoms with Gasteiger partial charge in [-0.05, 0) is 31.9 Å². The average molecular weight is 245 g/mol. The molecule has 0 amide bonds. The van der Waals surface area contributed by atoms with Gasteiger partial charge in [0.1, 0.15) is 6.10 Å². The minimum absolute atomic E-state index is 0.662. The highest BCUT2D eigenvalue weighted by atomic mass is 16.3. The van der Waals surface area contributed by atoms with Crippen LogP contribution in [0, 0.1) is 6.92 Å². The Morgan fingerprint density at radius 1 is 1.28 bits per heavy atom.